The molecule has 134 valence electrons. The van der Waals surface area contributed by atoms with Gasteiger partial charge in [-0.1, -0.05) is 47.5 Å². The largest absolute Gasteiger partial charge is 0.618 e. The van der Waals surface area contributed by atoms with Crippen molar-refractivity contribution in [2.45, 2.75) is 23.9 Å². The van der Waals surface area contributed by atoms with Crippen molar-refractivity contribution in [3.05, 3.63) is 59.1 Å². The van der Waals surface area contributed by atoms with Crippen LogP contribution in [0.3, 0.4) is 0 Å². The van der Waals surface area contributed by atoms with Gasteiger partial charge < -0.3 is 15.6 Å². The highest BCUT2D eigenvalue weighted by atomic mass is 35.5. The molecule has 2 atom stereocenters. The minimum absolute atomic E-state index is 0.412. The molecule has 2 aromatic rings. The maximum Gasteiger partial charge on any atom is 0.253 e. The van der Waals surface area contributed by atoms with Crippen molar-refractivity contribution >= 4 is 29.1 Å². The number of carbonyl (C=O) groups excluding carboxylic acids is 1. The highest BCUT2D eigenvalue weighted by Gasteiger charge is 2.25. The van der Waals surface area contributed by atoms with Gasteiger partial charge in [0.05, 0.1) is 6.04 Å². The molecule has 0 bridgehead atoms. The molecule has 2 N–H and O–H groups in total. The van der Waals surface area contributed by atoms with Gasteiger partial charge in [0.1, 0.15) is 12.8 Å². The molecule has 0 radical (unpaired) electrons. The number of aliphatic hydroxyl groups is 1. The third-order valence-electron chi connectivity index (χ3n) is 3.77. The number of nitrogens with one attached hydrogen (secondary N) is 1. The van der Waals surface area contributed by atoms with Crippen LogP contribution in [0.15, 0.2) is 42.6 Å². The fourth-order valence-electron chi connectivity index (χ4n) is 2.28. The average molecular weight is 387 g/mol. The number of rotatable bonds is 6. The fraction of sp³-hybridized carbons (Fsp3) is 0.294. The molecule has 0 aliphatic carbocycles. The minimum Gasteiger partial charge on any atom is -0.618 e. The van der Waals surface area contributed by atoms with E-state index >= 15 is 0 Å². The molecule has 1 aromatic heterocycles. The Balaban J connectivity index is 2.17. The highest BCUT2D eigenvalue weighted by Crippen LogP contribution is 2.23. The summed E-state index contributed by atoms with van der Waals surface area (Å²) >= 11 is 10.8. The lowest BCUT2D eigenvalue weighted by atomic mass is 9.99. The second kappa shape index (κ2) is 8.47. The number of aromatic nitrogens is 1. The van der Waals surface area contributed by atoms with Gasteiger partial charge in [-0.15, -0.1) is 0 Å². The van der Waals surface area contributed by atoms with Gasteiger partial charge in [-0.25, -0.2) is 4.39 Å². The average Bonchev–Trinajstić information content (AvgIpc) is 2.61. The van der Waals surface area contributed by atoms with E-state index in [9.17, 15) is 19.5 Å². The molecule has 0 spiro atoms. The Hall–Kier alpha value is -1.89. The zero-order valence-corrected chi connectivity index (χ0v) is 14.8. The third-order valence-corrected chi connectivity index (χ3v) is 4.16. The molecule has 0 saturated heterocycles. The Morgan fingerprint density at radius 2 is 1.84 bits per heavy atom. The van der Waals surface area contributed by atoms with Crippen LogP contribution in [0.5, 0.6) is 0 Å². The molecule has 0 fully saturated rings. The van der Waals surface area contributed by atoms with Crippen LogP contribution < -0.4 is 10.0 Å². The SMILES string of the molecule is Cc1ccc(-c2ccc(C(O)C(CF)NC(=O)C(Cl)Cl)cc2)c[n+]1[O-]. The normalized spacial score (nSPS) is 13.5. The van der Waals surface area contributed by atoms with Crippen molar-refractivity contribution in [3.63, 3.8) is 0 Å². The Labute approximate surface area is 154 Å². The van der Waals surface area contributed by atoms with E-state index in [1.165, 1.54) is 6.20 Å². The first-order valence-corrected chi connectivity index (χ1v) is 8.33. The standard InChI is InChI=1S/C17H17Cl2FN2O3/c1-10-2-3-13(9-22(10)25)11-4-6-12(7-5-11)15(23)14(8-20)21-17(24)16(18)19/h2-7,9,14-16,23H,8H2,1H3,(H,21,24). The summed E-state index contributed by atoms with van der Waals surface area (Å²) in [5.74, 6) is -0.777. The van der Waals surface area contributed by atoms with Crippen LogP contribution >= 0.6 is 23.2 Å². The molecule has 8 heteroatoms. The molecular weight excluding hydrogens is 370 g/mol. The van der Waals surface area contributed by atoms with Crippen LogP contribution in [0.25, 0.3) is 11.1 Å². The number of alkyl halides is 3. The molecule has 0 aliphatic rings. The number of benzene rings is 1. The number of halogens is 3. The molecular formula is C17H17Cl2FN2O3. The van der Waals surface area contributed by atoms with E-state index in [1.807, 2.05) is 0 Å². The Morgan fingerprint density at radius 1 is 1.24 bits per heavy atom. The molecule has 5 nitrogen and oxygen atoms in total. The van der Waals surface area contributed by atoms with E-state index in [1.54, 1.807) is 43.3 Å². The van der Waals surface area contributed by atoms with E-state index in [-0.39, 0.29) is 0 Å². The van der Waals surface area contributed by atoms with Gasteiger partial charge in [-0.3, -0.25) is 4.79 Å². The summed E-state index contributed by atoms with van der Waals surface area (Å²) in [4.78, 5) is 10.1. The lowest BCUT2D eigenvalue weighted by molar-refractivity contribution is -0.611. The van der Waals surface area contributed by atoms with Gasteiger partial charge in [0.2, 0.25) is 0 Å². The Kier molecular flexibility index (Phi) is 6.58. The first-order chi connectivity index (χ1) is 11.8. The number of aryl methyl sites for hydroxylation is 1. The second-order valence-electron chi connectivity index (χ2n) is 5.52. The van der Waals surface area contributed by atoms with E-state index in [4.69, 9.17) is 23.2 Å². The van der Waals surface area contributed by atoms with Crippen LogP contribution in [0.4, 0.5) is 4.39 Å². The third kappa shape index (κ3) is 4.81. The monoisotopic (exact) mass is 386 g/mol. The summed E-state index contributed by atoms with van der Waals surface area (Å²) in [5.41, 5.74) is 2.47. The Bertz CT molecular complexity index is 741. The van der Waals surface area contributed by atoms with Gasteiger partial charge in [0.15, 0.2) is 16.7 Å². The van der Waals surface area contributed by atoms with Gasteiger partial charge in [-0.05, 0) is 17.2 Å². The zero-order chi connectivity index (χ0) is 18.6. The predicted octanol–water partition coefficient (Wildman–Crippen LogP) is 2.59. The van der Waals surface area contributed by atoms with Crippen LogP contribution in [-0.2, 0) is 4.79 Å². The second-order valence-corrected chi connectivity index (χ2v) is 6.62. The summed E-state index contributed by atoms with van der Waals surface area (Å²) in [7, 11) is 0. The molecule has 25 heavy (non-hydrogen) atoms. The number of nitrogens with zero attached hydrogens (tertiary/aromatic N) is 1. The number of amides is 1. The van der Waals surface area contributed by atoms with Crippen molar-refractivity contribution in [1.29, 1.82) is 0 Å². The van der Waals surface area contributed by atoms with Crippen molar-refractivity contribution in [3.8, 4) is 11.1 Å². The van der Waals surface area contributed by atoms with Crippen molar-refractivity contribution in [2.75, 3.05) is 6.67 Å². The predicted molar refractivity (Wildman–Crippen MR) is 93.9 cm³/mol. The van der Waals surface area contributed by atoms with Crippen LogP contribution in [0, 0.1) is 12.1 Å². The number of hydrogen-bond donors (Lipinski definition) is 2. The summed E-state index contributed by atoms with van der Waals surface area (Å²) in [5, 5.41) is 24.2. The summed E-state index contributed by atoms with van der Waals surface area (Å²) in [6.45, 7) is 0.719. The number of carbonyl (C=O) groups is 1. The van der Waals surface area contributed by atoms with Crippen LogP contribution in [0.1, 0.15) is 17.4 Å². The van der Waals surface area contributed by atoms with Crippen LogP contribution in [0.2, 0.25) is 0 Å². The van der Waals surface area contributed by atoms with Gasteiger partial charge >= 0.3 is 0 Å². The summed E-state index contributed by atoms with van der Waals surface area (Å²) < 4.78 is 13.9. The topological polar surface area (TPSA) is 76.3 Å². The van der Waals surface area contributed by atoms with E-state index in [0.717, 1.165) is 10.3 Å². The maximum atomic E-state index is 13.1. The molecule has 2 rings (SSSR count). The van der Waals surface area contributed by atoms with Crippen LogP contribution in [-0.4, -0.2) is 28.6 Å². The maximum absolute atomic E-state index is 13.1. The molecule has 0 aliphatic heterocycles. The molecule has 0 saturated carbocycles. The van der Waals surface area contributed by atoms with Gasteiger partial charge in [0, 0.05) is 18.6 Å². The Morgan fingerprint density at radius 3 is 2.36 bits per heavy atom. The van der Waals surface area contributed by atoms with E-state index < -0.39 is 29.6 Å². The first kappa shape index (κ1) is 19.4. The van der Waals surface area contributed by atoms with Crippen molar-refractivity contribution < 1.29 is 19.0 Å². The zero-order valence-electron chi connectivity index (χ0n) is 13.3. The van der Waals surface area contributed by atoms with Gasteiger partial charge in [-0.2, -0.15) is 4.73 Å². The molecule has 1 amide bonds. The quantitative estimate of drug-likeness (QED) is 0.455. The number of pyridine rings is 1. The molecule has 1 aromatic carbocycles. The lowest BCUT2D eigenvalue weighted by Gasteiger charge is -2.22. The lowest BCUT2D eigenvalue weighted by Crippen LogP contribution is -2.43. The molecule has 1 heterocycles. The van der Waals surface area contributed by atoms with E-state index in [0.29, 0.717) is 16.8 Å². The van der Waals surface area contributed by atoms with Gasteiger partial charge in [0.25, 0.3) is 5.91 Å². The summed E-state index contributed by atoms with van der Waals surface area (Å²) in [6, 6.07) is 8.95. The van der Waals surface area contributed by atoms with Crippen molar-refractivity contribution in [2.24, 2.45) is 0 Å². The van der Waals surface area contributed by atoms with Crippen molar-refractivity contribution in [1.82, 2.24) is 5.32 Å². The highest BCUT2D eigenvalue weighted by molar-refractivity contribution is 6.53. The fourth-order valence-corrected chi connectivity index (χ4v) is 2.40. The number of hydrogen-bond acceptors (Lipinski definition) is 3. The summed E-state index contributed by atoms with van der Waals surface area (Å²) in [6.07, 6.45) is 0.185. The smallest absolute Gasteiger partial charge is 0.253 e. The van der Waals surface area contributed by atoms with E-state index in [2.05, 4.69) is 5.32 Å². The molecule has 2 unspecified atom stereocenters. The number of aliphatic hydroxyl groups excluding tert-OH is 1. The first-order valence-electron chi connectivity index (χ1n) is 7.46. The minimum atomic E-state index is -1.34.